The molecule has 7 nitrogen and oxygen atoms in total. The Balaban J connectivity index is 1.42. The lowest BCUT2D eigenvalue weighted by Crippen LogP contribution is -2.38. The van der Waals surface area contributed by atoms with E-state index in [-0.39, 0.29) is 17.2 Å². The first kappa shape index (κ1) is 26.3. The number of rotatable bonds is 10. The topological polar surface area (TPSA) is 91.2 Å². The van der Waals surface area contributed by atoms with Crippen LogP contribution in [0.15, 0.2) is 30.5 Å². The molecule has 2 fully saturated rings. The zero-order chi connectivity index (χ0) is 25.4. The van der Waals surface area contributed by atoms with Crippen molar-refractivity contribution in [3.8, 4) is 17.2 Å². The molecule has 9 heteroatoms. The van der Waals surface area contributed by atoms with Gasteiger partial charge in [-0.1, -0.05) is 0 Å². The van der Waals surface area contributed by atoms with Crippen LogP contribution < -0.4 is 16.0 Å². The van der Waals surface area contributed by atoms with Crippen molar-refractivity contribution in [2.24, 2.45) is 5.41 Å². The molecule has 2 heterocycles. The summed E-state index contributed by atoms with van der Waals surface area (Å²) in [5.74, 6) is -0.563. The molecule has 1 saturated carbocycles. The quantitative estimate of drug-likeness (QED) is 0.408. The Bertz CT molecular complexity index is 1050. The number of hydrogen-bond acceptors (Lipinski definition) is 7. The number of nitriles is 1. The highest BCUT2D eigenvalue weighted by molar-refractivity contribution is 5.71. The van der Waals surface area contributed by atoms with Gasteiger partial charge in [-0.3, -0.25) is 0 Å². The predicted molar refractivity (Wildman–Crippen MR) is 136 cm³/mol. The fourth-order valence-corrected chi connectivity index (χ4v) is 4.94. The molecule has 0 bridgehead atoms. The lowest BCUT2D eigenvalue weighted by Gasteiger charge is -2.31. The molecule has 194 valence electrons. The summed E-state index contributed by atoms with van der Waals surface area (Å²) in [5, 5.41) is 19.8. The van der Waals surface area contributed by atoms with E-state index in [1.54, 1.807) is 25.3 Å². The molecule has 2 aromatic rings. The highest BCUT2D eigenvalue weighted by Gasteiger charge is 2.32. The van der Waals surface area contributed by atoms with Crippen LogP contribution in [-0.2, 0) is 9.47 Å². The zero-order valence-corrected chi connectivity index (χ0v) is 20.8. The minimum absolute atomic E-state index is 0.157. The van der Waals surface area contributed by atoms with Gasteiger partial charge >= 0.3 is 0 Å². The van der Waals surface area contributed by atoms with Gasteiger partial charge in [-0.05, 0) is 62.8 Å². The van der Waals surface area contributed by atoms with E-state index in [9.17, 15) is 14.0 Å². The number of pyridine rings is 1. The van der Waals surface area contributed by atoms with Crippen LogP contribution in [0.4, 0.5) is 20.3 Å². The third kappa shape index (κ3) is 6.69. The van der Waals surface area contributed by atoms with Crippen molar-refractivity contribution < 1.29 is 18.3 Å². The Kier molecular flexibility index (Phi) is 9.08. The van der Waals surface area contributed by atoms with Crippen molar-refractivity contribution in [3.63, 3.8) is 0 Å². The van der Waals surface area contributed by atoms with Gasteiger partial charge in [0.05, 0.1) is 24.3 Å². The summed E-state index contributed by atoms with van der Waals surface area (Å²) < 4.78 is 40.1. The number of hydrogen-bond donors (Lipinski definition) is 3. The molecule has 1 aromatic heterocycles. The van der Waals surface area contributed by atoms with Crippen LogP contribution in [-0.4, -0.2) is 57.1 Å². The summed E-state index contributed by atoms with van der Waals surface area (Å²) in [6.45, 7) is 3.06. The molecule has 2 aliphatic rings. The number of aromatic nitrogens is 1. The van der Waals surface area contributed by atoms with Crippen LogP contribution in [0.1, 0.15) is 38.5 Å². The van der Waals surface area contributed by atoms with Gasteiger partial charge in [-0.2, -0.15) is 5.26 Å². The molecular weight excluding hydrogens is 464 g/mol. The van der Waals surface area contributed by atoms with Gasteiger partial charge in [-0.25, -0.2) is 13.8 Å². The van der Waals surface area contributed by atoms with E-state index in [0.29, 0.717) is 56.8 Å². The minimum Gasteiger partial charge on any atom is -0.383 e. The van der Waals surface area contributed by atoms with Crippen LogP contribution in [0.25, 0.3) is 11.1 Å². The second kappa shape index (κ2) is 12.4. The number of nitrogens with one attached hydrogen (secondary N) is 3. The third-order valence-electron chi connectivity index (χ3n) is 7.25. The van der Waals surface area contributed by atoms with Gasteiger partial charge in [0.1, 0.15) is 17.5 Å². The van der Waals surface area contributed by atoms with Crippen molar-refractivity contribution in [1.29, 1.82) is 5.26 Å². The fourth-order valence-electron chi connectivity index (χ4n) is 4.94. The van der Waals surface area contributed by atoms with Crippen LogP contribution >= 0.6 is 0 Å². The van der Waals surface area contributed by atoms with Crippen LogP contribution in [0, 0.1) is 28.4 Å². The fraction of sp³-hybridized carbons (Fsp3) is 0.556. The van der Waals surface area contributed by atoms with Crippen LogP contribution in [0.3, 0.4) is 0 Å². The Hall–Kier alpha value is -2.80. The molecule has 1 aromatic carbocycles. The van der Waals surface area contributed by atoms with Gasteiger partial charge in [0.2, 0.25) is 0 Å². The largest absolute Gasteiger partial charge is 0.383 e. The van der Waals surface area contributed by atoms with Crippen LogP contribution in [0.2, 0.25) is 0 Å². The number of methoxy groups -OCH3 is 1. The van der Waals surface area contributed by atoms with E-state index in [0.717, 1.165) is 38.4 Å². The number of halogens is 2. The molecule has 0 unspecified atom stereocenters. The van der Waals surface area contributed by atoms with Gasteiger partial charge in [0.15, 0.2) is 0 Å². The Morgan fingerprint density at radius 2 is 1.81 bits per heavy atom. The summed E-state index contributed by atoms with van der Waals surface area (Å²) >= 11 is 0. The molecule has 0 atom stereocenters. The predicted octanol–water partition coefficient (Wildman–Crippen LogP) is 4.72. The monoisotopic (exact) mass is 499 g/mol. The van der Waals surface area contributed by atoms with Crippen molar-refractivity contribution in [2.75, 3.05) is 50.7 Å². The normalized spacial score (nSPS) is 21.5. The first-order valence-corrected chi connectivity index (χ1v) is 12.7. The van der Waals surface area contributed by atoms with E-state index < -0.39 is 17.0 Å². The Labute approximate surface area is 211 Å². The second-order valence-electron chi connectivity index (χ2n) is 9.74. The van der Waals surface area contributed by atoms with E-state index in [1.807, 2.05) is 0 Å². The van der Waals surface area contributed by atoms with Gasteiger partial charge in [-0.15, -0.1) is 0 Å². The van der Waals surface area contributed by atoms with Crippen molar-refractivity contribution in [2.45, 2.75) is 50.6 Å². The number of anilines is 2. The van der Waals surface area contributed by atoms with Crippen molar-refractivity contribution in [3.05, 3.63) is 42.1 Å². The summed E-state index contributed by atoms with van der Waals surface area (Å²) in [7, 11) is 1.70. The van der Waals surface area contributed by atoms with E-state index >= 15 is 0 Å². The number of nitrogens with zero attached hydrogens (tertiary/aromatic N) is 2. The summed E-state index contributed by atoms with van der Waals surface area (Å²) in [5.41, 5.74) is 0.429. The molecular formula is C27H35F2N5O2. The maximum Gasteiger partial charge on any atom is 0.149 e. The summed E-state index contributed by atoms with van der Waals surface area (Å²) in [6.07, 6.45) is 6.44. The smallest absolute Gasteiger partial charge is 0.149 e. The lowest BCUT2D eigenvalue weighted by molar-refractivity contribution is 0.0456. The zero-order valence-electron chi connectivity index (χ0n) is 20.8. The van der Waals surface area contributed by atoms with E-state index in [1.165, 1.54) is 6.07 Å². The van der Waals surface area contributed by atoms with Gasteiger partial charge in [0.25, 0.3) is 0 Å². The maximum absolute atomic E-state index is 14.8. The Morgan fingerprint density at radius 3 is 2.53 bits per heavy atom. The summed E-state index contributed by atoms with van der Waals surface area (Å²) in [4.78, 5) is 4.20. The molecule has 0 radical (unpaired) electrons. The SMILES string of the molecule is COCCN[C@H]1CC[C@H](Nc2cc(-c3cc(NCC4(C#N)CCOCC4)ccc3F)c(F)cn2)CC1. The van der Waals surface area contributed by atoms with Crippen molar-refractivity contribution in [1.82, 2.24) is 10.3 Å². The van der Waals surface area contributed by atoms with E-state index in [4.69, 9.17) is 9.47 Å². The second-order valence-corrected chi connectivity index (χ2v) is 9.74. The van der Waals surface area contributed by atoms with Gasteiger partial charge in [0, 0.05) is 62.3 Å². The molecule has 0 amide bonds. The molecule has 4 rings (SSSR count). The highest BCUT2D eigenvalue weighted by Crippen LogP contribution is 2.33. The first-order chi connectivity index (χ1) is 17.5. The molecule has 0 spiro atoms. The standard InChI is InChI=1S/C27H35F2N5O2/c1-35-13-10-31-19-2-4-20(5-3-19)34-26-15-23(25(29)16-32-26)22-14-21(6-7-24(22)28)33-18-27(17-30)8-11-36-12-9-27/h6-7,14-16,19-20,31,33H,2-5,8-13,18H2,1H3,(H,32,34)/t19-,20-. The van der Waals surface area contributed by atoms with E-state index in [2.05, 4.69) is 27.0 Å². The number of ether oxygens (including phenoxy) is 2. The number of benzene rings is 1. The Morgan fingerprint density at radius 1 is 1.08 bits per heavy atom. The van der Waals surface area contributed by atoms with Gasteiger partial charge < -0.3 is 25.4 Å². The summed E-state index contributed by atoms with van der Waals surface area (Å²) in [6, 6.07) is 9.23. The molecule has 1 aliphatic heterocycles. The van der Waals surface area contributed by atoms with Crippen LogP contribution in [0.5, 0.6) is 0 Å². The molecule has 1 aliphatic carbocycles. The molecule has 3 N–H and O–H groups in total. The van der Waals surface area contributed by atoms with Crippen molar-refractivity contribution >= 4 is 11.5 Å². The first-order valence-electron chi connectivity index (χ1n) is 12.7. The average Bonchev–Trinajstić information content (AvgIpc) is 2.91. The maximum atomic E-state index is 14.8. The third-order valence-corrected chi connectivity index (χ3v) is 7.25. The lowest BCUT2D eigenvalue weighted by atomic mass is 9.81. The average molecular weight is 500 g/mol. The molecule has 1 saturated heterocycles. The molecule has 36 heavy (non-hydrogen) atoms. The highest BCUT2D eigenvalue weighted by atomic mass is 19.1. The minimum atomic E-state index is -0.583.